The van der Waals surface area contributed by atoms with E-state index in [1.165, 1.54) is 6.08 Å². The Morgan fingerprint density at radius 1 is 0.900 bits per heavy atom. The molecule has 5 rings (SSSR count). The van der Waals surface area contributed by atoms with Crippen molar-refractivity contribution in [2.45, 2.75) is 5.66 Å². The number of rotatable bonds is 7. The van der Waals surface area contributed by atoms with E-state index >= 15 is 0 Å². The number of carbonyl (C=O) groups is 1. The summed E-state index contributed by atoms with van der Waals surface area (Å²) in [6.45, 7) is 0. The number of amides is 1. The molecule has 0 fully saturated rings. The number of para-hydroxylation sites is 1. The summed E-state index contributed by atoms with van der Waals surface area (Å²) in [5.74, 6) is 0.408. The lowest BCUT2D eigenvalue weighted by Gasteiger charge is -2.29. The summed E-state index contributed by atoms with van der Waals surface area (Å²) < 4.78 is 0. The number of fused-ring (bicyclic) bond motifs is 1. The van der Waals surface area contributed by atoms with Crippen LogP contribution >= 0.6 is 24.8 Å². The van der Waals surface area contributed by atoms with Gasteiger partial charge in [-0.05, 0) is 60.7 Å². The summed E-state index contributed by atoms with van der Waals surface area (Å²) in [6.07, 6.45) is 3.02. The van der Waals surface area contributed by atoms with E-state index in [1.54, 1.807) is 79.0 Å². The number of nitrogen functional groups attached to an aromatic ring is 2. The highest BCUT2D eigenvalue weighted by atomic mass is 35.5. The Balaban J connectivity index is 0.00000220. The second-order valence-corrected chi connectivity index (χ2v) is 8.44. The van der Waals surface area contributed by atoms with Crippen LogP contribution in [0.2, 0.25) is 0 Å². The summed E-state index contributed by atoms with van der Waals surface area (Å²) in [5.41, 5.74) is 13.0. The zero-order valence-corrected chi connectivity index (χ0v) is 22.3. The Hall–Kier alpha value is -5.07. The van der Waals surface area contributed by atoms with Gasteiger partial charge in [0.15, 0.2) is 0 Å². The summed E-state index contributed by atoms with van der Waals surface area (Å²) in [5, 5.41) is 24.1. The van der Waals surface area contributed by atoms with Crippen LogP contribution in [0, 0.1) is 10.1 Å². The maximum Gasteiger partial charge on any atom is 0.343 e. The molecule has 1 aliphatic rings. The molecular formula is C26H25Cl2N9O3. The minimum atomic E-state index is -1.63. The first-order valence-corrected chi connectivity index (χ1v) is 11.5. The fourth-order valence-electron chi connectivity index (χ4n) is 4.06. The molecule has 1 unspecified atom stereocenters. The Morgan fingerprint density at radius 3 is 2.23 bits per heavy atom. The van der Waals surface area contributed by atoms with Crippen LogP contribution in [0.3, 0.4) is 0 Å². The lowest BCUT2D eigenvalue weighted by atomic mass is 9.95. The average Bonchev–Trinajstić information content (AvgIpc) is 2.90. The molecule has 40 heavy (non-hydrogen) atoms. The summed E-state index contributed by atoms with van der Waals surface area (Å²) in [6, 6.07) is 22.0. The van der Waals surface area contributed by atoms with Crippen molar-refractivity contribution < 1.29 is 9.72 Å². The zero-order valence-electron chi connectivity index (χ0n) is 20.7. The minimum absolute atomic E-state index is 0. The molecular weight excluding hydrogens is 557 g/mol. The number of benzene rings is 3. The number of nitro groups is 1. The molecule has 1 amide bonds. The molecule has 14 heteroatoms. The van der Waals surface area contributed by atoms with E-state index < -0.39 is 5.66 Å². The largest absolute Gasteiger partial charge is 0.383 e. The number of aromatic nitrogens is 2. The van der Waals surface area contributed by atoms with E-state index in [9.17, 15) is 14.9 Å². The first-order valence-electron chi connectivity index (χ1n) is 11.5. The number of nitrogens with zero attached hydrogens (tertiary/aromatic N) is 3. The Labute approximate surface area is 241 Å². The van der Waals surface area contributed by atoms with Crippen molar-refractivity contribution in [1.29, 1.82) is 0 Å². The molecule has 0 spiro atoms. The number of hydrogen-bond acceptors (Lipinski definition) is 10. The smallest absolute Gasteiger partial charge is 0.343 e. The predicted molar refractivity (Wildman–Crippen MR) is 161 cm³/mol. The highest BCUT2D eigenvalue weighted by molar-refractivity contribution is 6.04. The van der Waals surface area contributed by atoms with Gasteiger partial charge in [-0.15, -0.1) is 24.8 Å². The fraction of sp³-hybridized carbons (Fsp3) is 0.0385. The lowest BCUT2D eigenvalue weighted by Crippen LogP contribution is -2.43. The van der Waals surface area contributed by atoms with Gasteiger partial charge in [0.25, 0.3) is 5.91 Å². The third-order valence-electron chi connectivity index (χ3n) is 5.85. The van der Waals surface area contributed by atoms with Crippen LogP contribution in [0.1, 0.15) is 15.9 Å². The second-order valence-electron chi connectivity index (χ2n) is 8.44. The van der Waals surface area contributed by atoms with Crippen LogP contribution in [0.25, 0.3) is 0 Å². The number of nitrogens with one attached hydrogen (secondary N) is 4. The van der Waals surface area contributed by atoms with E-state index in [-0.39, 0.29) is 47.4 Å². The van der Waals surface area contributed by atoms with Crippen molar-refractivity contribution in [3.05, 3.63) is 112 Å². The standard InChI is InChI=1S/C26H23N9O3.2ClH/c27-22-15-23(33-25(28)32-22)30-17-7-5-16(6-8-17)24(36)31-18-9-11-19(12-10-18)34-26(35(37)38)13-14-29-21-4-2-1-3-20(21)26;;/h1-15,29,34H,(H,31,36)(H5,27,28,30,32,33);2*1H. The van der Waals surface area contributed by atoms with Gasteiger partial charge in [-0.25, -0.2) is 0 Å². The first-order chi connectivity index (χ1) is 18.3. The lowest BCUT2D eigenvalue weighted by molar-refractivity contribution is -0.555. The summed E-state index contributed by atoms with van der Waals surface area (Å²) >= 11 is 0. The van der Waals surface area contributed by atoms with E-state index in [1.807, 2.05) is 6.07 Å². The molecule has 0 aliphatic carbocycles. The van der Waals surface area contributed by atoms with Gasteiger partial charge >= 0.3 is 5.66 Å². The minimum Gasteiger partial charge on any atom is -0.383 e. The molecule has 4 aromatic rings. The molecule has 2 heterocycles. The topological polar surface area (TPSA) is 186 Å². The van der Waals surface area contributed by atoms with Crippen LogP contribution < -0.4 is 32.7 Å². The quantitative estimate of drug-likeness (QED) is 0.0988. The molecule has 206 valence electrons. The van der Waals surface area contributed by atoms with E-state index in [2.05, 4.69) is 31.2 Å². The maximum atomic E-state index is 12.7. The highest BCUT2D eigenvalue weighted by Gasteiger charge is 2.45. The number of nitrogens with two attached hydrogens (primary N) is 2. The normalized spacial score (nSPS) is 14.8. The number of hydrogen-bond donors (Lipinski definition) is 6. The number of anilines is 7. The van der Waals surface area contributed by atoms with E-state index in [0.717, 1.165) is 0 Å². The Morgan fingerprint density at radius 2 is 1.55 bits per heavy atom. The van der Waals surface area contributed by atoms with Crippen LogP contribution in [-0.2, 0) is 5.66 Å². The number of halogens is 2. The molecule has 12 nitrogen and oxygen atoms in total. The molecule has 3 aromatic carbocycles. The Kier molecular flexibility index (Phi) is 8.99. The second kappa shape index (κ2) is 12.2. The SMILES string of the molecule is Cl.Cl.Nc1cc(Nc2ccc(C(=O)Nc3ccc(NC4([N+](=O)[O-])C=CNc5ccccc54)cc3)cc2)nc(N)n1. The van der Waals surface area contributed by atoms with Crippen LogP contribution in [0.15, 0.2) is 91.1 Å². The van der Waals surface area contributed by atoms with Gasteiger partial charge in [0.05, 0.1) is 16.2 Å². The third-order valence-corrected chi connectivity index (χ3v) is 5.85. The molecule has 0 saturated heterocycles. The van der Waals surface area contributed by atoms with E-state index in [4.69, 9.17) is 11.5 Å². The Bertz CT molecular complexity index is 1530. The zero-order chi connectivity index (χ0) is 26.7. The molecule has 0 bridgehead atoms. The molecule has 1 aliphatic heterocycles. The summed E-state index contributed by atoms with van der Waals surface area (Å²) in [7, 11) is 0. The molecule has 1 atom stereocenters. The van der Waals surface area contributed by atoms with Crippen molar-refractivity contribution in [3.8, 4) is 0 Å². The van der Waals surface area contributed by atoms with Gasteiger partial charge in [-0.3, -0.25) is 14.9 Å². The summed E-state index contributed by atoms with van der Waals surface area (Å²) in [4.78, 5) is 32.4. The monoisotopic (exact) mass is 581 g/mol. The highest BCUT2D eigenvalue weighted by Crippen LogP contribution is 2.36. The van der Waals surface area contributed by atoms with Crippen molar-refractivity contribution >= 4 is 71.1 Å². The van der Waals surface area contributed by atoms with Crippen LogP contribution in [-0.4, -0.2) is 20.8 Å². The molecule has 0 radical (unpaired) electrons. The van der Waals surface area contributed by atoms with Gasteiger partial charge < -0.3 is 32.7 Å². The first kappa shape index (κ1) is 29.5. The van der Waals surface area contributed by atoms with Crippen LogP contribution in [0.5, 0.6) is 0 Å². The third kappa shape index (κ3) is 6.14. The van der Waals surface area contributed by atoms with Gasteiger partial charge in [-0.2, -0.15) is 9.97 Å². The van der Waals surface area contributed by atoms with E-state index in [0.29, 0.717) is 39.7 Å². The fourth-order valence-corrected chi connectivity index (χ4v) is 4.06. The predicted octanol–water partition coefficient (Wildman–Crippen LogP) is 4.96. The van der Waals surface area contributed by atoms with Crippen LogP contribution in [0.4, 0.5) is 40.3 Å². The maximum absolute atomic E-state index is 12.7. The molecule has 1 aromatic heterocycles. The van der Waals surface area contributed by atoms with Gasteiger partial charge in [0, 0.05) is 41.0 Å². The van der Waals surface area contributed by atoms with Gasteiger partial charge in [-0.1, -0.05) is 12.1 Å². The number of carbonyl (C=O) groups excluding carboxylic acids is 1. The molecule has 8 N–H and O–H groups in total. The molecule has 0 saturated carbocycles. The average molecular weight is 582 g/mol. The van der Waals surface area contributed by atoms with Gasteiger partial charge in [0.1, 0.15) is 11.6 Å². The van der Waals surface area contributed by atoms with Crippen molar-refractivity contribution in [2.24, 2.45) is 0 Å². The van der Waals surface area contributed by atoms with Crippen molar-refractivity contribution in [3.63, 3.8) is 0 Å². The van der Waals surface area contributed by atoms with Gasteiger partial charge in [0.2, 0.25) is 5.95 Å². The van der Waals surface area contributed by atoms with Crippen molar-refractivity contribution in [1.82, 2.24) is 9.97 Å². The van der Waals surface area contributed by atoms with Crippen molar-refractivity contribution in [2.75, 3.05) is 32.7 Å².